The van der Waals surface area contributed by atoms with Crippen molar-refractivity contribution in [3.8, 4) is 0 Å². The molecule has 1 rings (SSSR count). The summed E-state index contributed by atoms with van der Waals surface area (Å²) in [5, 5.41) is 2.58. The van der Waals surface area contributed by atoms with E-state index in [0.717, 1.165) is 12.0 Å². The number of amides is 1. The Kier molecular flexibility index (Phi) is 4.74. The zero-order valence-corrected chi connectivity index (χ0v) is 10.1. The van der Waals surface area contributed by atoms with E-state index < -0.39 is 5.82 Å². The Labute approximate surface area is 99.8 Å². The molecule has 0 heterocycles. The van der Waals surface area contributed by atoms with E-state index in [1.54, 1.807) is 13.0 Å². The number of halogens is 2. The molecule has 4 heteroatoms. The zero-order chi connectivity index (χ0) is 12.1. The number of rotatable bonds is 4. The van der Waals surface area contributed by atoms with Crippen LogP contribution in [0.25, 0.3) is 0 Å². The van der Waals surface area contributed by atoms with Gasteiger partial charge >= 0.3 is 0 Å². The van der Waals surface area contributed by atoms with Gasteiger partial charge in [-0.05, 0) is 37.1 Å². The molecule has 2 nitrogen and oxygen atoms in total. The Morgan fingerprint density at radius 1 is 1.50 bits per heavy atom. The fraction of sp³-hybridized carbons (Fsp3) is 0.417. The number of carbonyl (C=O) groups excluding carboxylic acids is 1. The van der Waals surface area contributed by atoms with Crippen LogP contribution in [0.1, 0.15) is 29.3 Å². The first kappa shape index (κ1) is 13.0. The molecule has 1 atom stereocenters. The fourth-order valence-electron chi connectivity index (χ4n) is 1.32. The summed E-state index contributed by atoms with van der Waals surface area (Å²) in [5.74, 6) is -0.690. The van der Waals surface area contributed by atoms with Crippen molar-refractivity contribution in [3.63, 3.8) is 0 Å². The standard InChI is InChI=1S/C12H15ClFNO/c1-3-10(13)7-15-12(16)9-4-8(2)5-11(14)6-9/h4-6,10H,3,7H2,1-2H3,(H,15,16). The number of hydrogen-bond donors (Lipinski definition) is 1. The van der Waals surface area contributed by atoms with Gasteiger partial charge in [0.1, 0.15) is 5.82 Å². The van der Waals surface area contributed by atoms with Crippen LogP contribution in [0.2, 0.25) is 0 Å². The maximum atomic E-state index is 13.0. The Morgan fingerprint density at radius 3 is 2.75 bits per heavy atom. The molecule has 0 aliphatic rings. The average Bonchev–Trinajstić information content (AvgIpc) is 2.23. The lowest BCUT2D eigenvalue weighted by atomic mass is 10.1. The highest BCUT2D eigenvalue weighted by atomic mass is 35.5. The summed E-state index contributed by atoms with van der Waals surface area (Å²) >= 11 is 5.87. The third-order valence-electron chi connectivity index (χ3n) is 2.23. The minimum Gasteiger partial charge on any atom is -0.351 e. The Morgan fingerprint density at radius 2 is 2.19 bits per heavy atom. The van der Waals surface area contributed by atoms with Gasteiger partial charge in [-0.3, -0.25) is 4.79 Å². The second kappa shape index (κ2) is 5.85. The molecule has 0 aliphatic heterocycles. The number of benzene rings is 1. The molecule has 1 aromatic rings. The third kappa shape index (κ3) is 3.81. The van der Waals surface area contributed by atoms with Crippen LogP contribution in [0.5, 0.6) is 0 Å². The van der Waals surface area contributed by atoms with E-state index in [1.165, 1.54) is 12.1 Å². The second-order valence-corrected chi connectivity index (χ2v) is 4.35. The van der Waals surface area contributed by atoms with E-state index in [2.05, 4.69) is 5.32 Å². The maximum Gasteiger partial charge on any atom is 0.251 e. The predicted molar refractivity (Wildman–Crippen MR) is 63.4 cm³/mol. The Balaban J connectivity index is 2.66. The molecule has 1 aromatic carbocycles. The Bertz CT molecular complexity index is 361. The SMILES string of the molecule is CCC(Cl)CNC(=O)c1cc(C)cc(F)c1. The van der Waals surface area contributed by atoms with E-state index in [4.69, 9.17) is 11.6 Å². The quantitative estimate of drug-likeness (QED) is 0.810. The normalized spacial score (nSPS) is 12.2. The van der Waals surface area contributed by atoms with Crippen molar-refractivity contribution < 1.29 is 9.18 Å². The van der Waals surface area contributed by atoms with Gasteiger partial charge in [-0.15, -0.1) is 11.6 Å². The number of alkyl halides is 1. The van der Waals surface area contributed by atoms with Gasteiger partial charge in [0.25, 0.3) is 5.91 Å². The van der Waals surface area contributed by atoms with Crippen molar-refractivity contribution in [3.05, 3.63) is 35.1 Å². The lowest BCUT2D eigenvalue weighted by molar-refractivity contribution is 0.0953. The molecule has 1 unspecified atom stereocenters. The highest BCUT2D eigenvalue weighted by molar-refractivity contribution is 6.20. The van der Waals surface area contributed by atoms with Crippen molar-refractivity contribution >= 4 is 17.5 Å². The lowest BCUT2D eigenvalue weighted by Gasteiger charge is -2.09. The van der Waals surface area contributed by atoms with Gasteiger partial charge in [-0.1, -0.05) is 6.92 Å². The largest absolute Gasteiger partial charge is 0.351 e. The Hall–Kier alpha value is -1.09. The monoisotopic (exact) mass is 243 g/mol. The van der Waals surface area contributed by atoms with Crippen LogP contribution in [0.3, 0.4) is 0 Å². The molecular formula is C12H15ClFNO. The summed E-state index contributed by atoms with van der Waals surface area (Å²) in [6.45, 7) is 4.08. The van der Waals surface area contributed by atoms with E-state index in [9.17, 15) is 9.18 Å². The third-order valence-corrected chi connectivity index (χ3v) is 2.69. The van der Waals surface area contributed by atoms with Crippen LogP contribution in [0.15, 0.2) is 18.2 Å². The molecule has 1 amide bonds. The smallest absolute Gasteiger partial charge is 0.251 e. The first-order valence-corrected chi connectivity index (χ1v) is 5.66. The zero-order valence-electron chi connectivity index (χ0n) is 9.39. The average molecular weight is 244 g/mol. The highest BCUT2D eigenvalue weighted by Gasteiger charge is 2.09. The van der Waals surface area contributed by atoms with Gasteiger partial charge < -0.3 is 5.32 Å². The van der Waals surface area contributed by atoms with Gasteiger partial charge in [0.15, 0.2) is 0 Å². The minimum atomic E-state index is -0.400. The van der Waals surface area contributed by atoms with Gasteiger partial charge in [-0.2, -0.15) is 0 Å². The van der Waals surface area contributed by atoms with E-state index >= 15 is 0 Å². The van der Waals surface area contributed by atoms with Gasteiger partial charge in [-0.25, -0.2) is 4.39 Å². The second-order valence-electron chi connectivity index (χ2n) is 3.73. The van der Waals surface area contributed by atoms with Crippen LogP contribution in [0.4, 0.5) is 4.39 Å². The maximum absolute atomic E-state index is 13.0. The van der Waals surface area contributed by atoms with Crippen molar-refractivity contribution in [1.82, 2.24) is 5.32 Å². The number of aryl methyl sites for hydroxylation is 1. The highest BCUT2D eigenvalue weighted by Crippen LogP contribution is 2.08. The molecule has 1 N–H and O–H groups in total. The molecule has 0 fully saturated rings. The van der Waals surface area contributed by atoms with Gasteiger partial charge in [0, 0.05) is 12.1 Å². The lowest BCUT2D eigenvalue weighted by Crippen LogP contribution is -2.29. The first-order chi connectivity index (χ1) is 7.52. The molecule has 0 saturated carbocycles. The molecule has 0 bridgehead atoms. The van der Waals surface area contributed by atoms with E-state index in [0.29, 0.717) is 12.1 Å². The van der Waals surface area contributed by atoms with Crippen LogP contribution in [0, 0.1) is 12.7 Å². The topological polar surface area (TPSA) is 29.1 Å². The fourth-order valence-corrected chi connectivity index (χ4v) is 1.39. The summed E-state index contributed by atoms with van der Waals surface area (Å²) in [7, 11) is 0. The first-order valence-electron chi connectivity index (χ1n) is 5.22. The van der Waals surface area contributed by atoms with Crippen molar-refractivity contribution in [2.24, 2.45) is 0 Å². The van der Waals surface area contributed by atoms with Gasteiger partial charge in [0.2, 0.25) is 0 Å². The summed E-state index contributed by atoms with van der Waals surface area (Å²) in [6.07, 6.45) is 0.782. The van der Waals surface area contributed by atoms with Crippen LogP contribution < -0.4 is 5.32 Å². The number of hydrogen-bond acceptors (Lipinski definition) is 1. The molecule has 0 saturated heterocycles. The van der Waals surface area contributed by atoms with Crippen LogP contribution in [-0.4, -0.2) is 17.8 Å². The molecule has 16 heavy (non-hydrogen) atoms. The van der Waals surface area contributed by atoms with Crippen molar-refractivity contribution in [1.29, 1.82) is 0 Å². The molecule has 0 aliphatic carbocycles. The molecule has 88 valence electrons. The molecular weight excluding hydrogens is 229 g/mol. The number of nitrogens with one attached hydrogen (secondary N) is 1. The molecule has 0 aromatic heterocycles. The van der Waals surface area contributed by atoms with Crippen molar-refractivity contribution in [2.45, 2.75) is 25.6 Å². The minimum absolute atomic E-state index is 0.0846. The van der Waals surface area contributed by atoms with E-state index in [-0.39, 0.29) is 11.3 Å². The molecule has 0 spiro atoms. The van der Waals surface area contributed by atoms with Crippen LogP contribution >= 0.6 is 11.6 Å². The summed E-state index contributed by atoms with van der Waals surface area (Å²) < 4.78 is 13.0. The summed E-state index contributed by atoms with van der Waals surface area (Å²) in [5.41, 5.74) is 1.06. The van der Waals surface area contributed by atoms with Crippen LogP contribution in [-0.2, 0) is 0 Å². The van der Waals surface area contributed by atoms with E-state index in [1.807, 2.05) is 6.92 Å². The summed E-state index contributed by atoms with van der Waals surface area (Å²) in [4.78, 5) is 11.6. The number of carbonyl (C=O) groups is 1. The predicted octanol–water partition coefficient (Wildman–Crippen LogP) is 2.88. The summed E-state index contributed by atoms with van der Waals surface area (Å²) in [6, 6.07) is 4.25. The van der Waals surface area contributed by atoms with Gasteiger partial charge in [0.05, 0.1) is 5.38 Å². The van der Waals surface area contributed by atoms with Crippen molar-refractivity contribution in [2.75, 3.05) is 6.54 Å². The molecule has 0 radical (unpaired) electrons.